The Balaban J connectivity index is 1.84. The number of amides is 1. The molecule has 0 fully saturated rings. The van der Waals surface area contributed by atoms with Crippen molar-refractivity contribution >= 4 is 28.8 Å². The van der Waals surface area contributed by atoms with Gasteiger partial charge in [0.15, 0.2) is 4.80 Å². The van der Waals surface area contributed by atoms with Crippen LogP contribution in [0.3, 0.4) is 0 Å². The second kappa shape index (κ2) is 8.47. The molecule has 0 unspecified atom stereocenters. The molecule has 1 aromatic heterocycles. The predicted molar refractivity (Wildman–Crippen MR) is 117 cm³/mol. The number of nitrogens with zero attached hydrogens (tertiary/aromatic N) is 2. The van der Waals surface area contributed by atoms with Crippen molar-refractivity contribution in [3.8, 4) is 22.7 Å². The minimum absolute atomic E-state index is 0.308. The predicted octanol–water partition coefficient (Wildman–Crippen LogP) is 5.61. The second-order valence-electron chi connectivity index (χ2n) is 6.23. The van der Waals surface area contributed by atoms with Crippen LogP contribution >= 0.6 is 22.9 Å². The first-order chi connectivity index (χ1) is 14.2. The van der Waals surface area contributed by atoms with Crippen LogP contribution in [-0.2, 0) is 0 Å². The largest absolute Gasteiger partial charge is 0.497 e. The van der Waals surface area contributed by atoms with Gasteiger partial charge < -0.3 is 4.74 Å². The van der Waals surface area contributed by atoms with E-state index in [2.05, 4.69) is 4.99 Å². The number of carbonyl (C=O) groups excluding carboxylic acids is 1. The van der Waals surface area contributed by atoms with Crippen LogP contribution in [0.4, 0.5) is 0 Å². The molecule has 0 bridgehead atoms. The van der Waals surface area contributed by atoms with E-state index in [0.29, 0.717) is 21.1 Å². The van der Waals surface area contributed by atoms with Gasteiger partial charge in [0.25, 0.3) is 5.91 Å². The Hall–Kier alpha value is -3.15. The highest BCUT2D eigenvalue weighted by atomic mass is 35.5. The zero-order valence-electron chi connectivity index (χ0n) is 15.6. The Kier molecular flexibility index (Phi) is 5.60. The zero-order valence-corrected chi connectivity index (χ0v) is 17.2. The summed E-state index contributed by atoms with van der Waals surface area (Å²) in [5.41, 5.74) is 3.38. The quantitative estimate of drug-likeness (QED) is 0.430. The lowest BCUT2D eigenvalue weighted by molar-refractivity contribution is 0.0998. The minimum Gasteiger partial charge on any atom is -0.497 e. The van der Waals surface area contributed by atoms with E-state index in [9.17, 15) is 4.79 Å². The van der Waals surface area contributed by atoms with Crippen molar-refractivity contribution in [3.63, 3.8) is 0 Å². The van der Waals surface area contributed by atoms with Crippen LogP contribution in [0.25, 0.3) is 16.9 Å². The molecule has 4 rings (SSSR count). The molecule has 6 heteroatoms. The van der Waals surface area contributed by atoms with Gasteiger partial charge in [-0.2, -0.15) is 4.99 Å². The summed E-state index contributed by atoms with van der Waals surface area (Å²) in [5, 5.41) is 2.66. The van der Waals surface area contributed by atoms with E-state index < -0.39 is 0 Å². The third kappa shape index (κ3) is 4.16. The van der Waals surface area contributed by atoms with Crippen molar-refractivity contribution in [2.24, 2.45) is 4.99 Å². The monoisotopic (exact) mass is 420 g/mol. The molecule has 0 aliphatic rings. The third-order valence-corrected chi connectivity index (χ3v) is 5.47. The minimum atomic E-state index is -0.308. The van der Waals surface area contributed by atoms with Gasteiger partial charge in [-0.15, -0.1) is 11.3 Å². The molecule has 0 saturated heterocycles. The number of halogens is 1. The molecule has 0 N–H and O–H groups in total. The molecule has 0 spiro atoms. The van der Waals surface area contributed by atoms with Crippen LogP contribution in [0.15, 0.2) is 89.2 Å². The summed E-state index contributed by atoms with van der Waals surface area (Å²) in [7, 11) is 1.59. The van der Waals surface area contributed by atoms with Crippen molar-refractivity contribution in [1.82, 2.24) is 4.57 Å². The Bertz CT molecular complexity index is 1190. The van der Waals surface area contributed by atoms with Crippen molar-refractivity contribution < 1.29 is 9.53 Å². The van der Waals surface area contributed by atoms with Crippen LogP contribution in [0, 0.1) is 0 Å². The van der Waals surface area contributed by atoms with E-state index in [1.54, 1.807) is 31.4 Å². The molecule has 29 heavy (non-hydrogen) atoms. The summed E-state index contributed by atoms with van der Waals surface area (Å²) in [6, 6.07) is 24.4. The van der Waals surface area contributed by atoms with Crippen molar-refractivity contribution in [2.45, 2.75) is 0 Å². The van der Waals surface area contributed by atoms with Crippen molar-refractivity contribution in [1.29, 1.82) is 0 Å². The average Bonchev–Trinajstić information content (AvgIpc) is 3.18. The number of thiazole rings is 1. The number of aromatic nitrogens is 1. The average molecular weight is 421 g/mol. The Morgan fingerprint density at radius 3 is 2.31 bits per heavy atom. The zero-order chi connectivity index (χ0) is 20.2. The molecule has 4 aromatic rings. The van der Waals surface area contributed by atoms with Crippen LogP contribution in [0.5, 0.6) is 5.75 Å². The molecule has 144 valence electrons. The normalized spacial score (nSPS) is 11.4. The summed E-state index contributed by atoms with van der Waals surface area (Å²) >= 11 is 7.48. The standard InChI is InChI=1S/C23H17ClN2O2S/c1-28-20-13-7-17(8-14-20)22(27)25-23-26(19-11-9-18(24)10-12-19)21(15-29-23)16-5-3-2-4-6-16/h2-15H,1H3. The van der Waals surface area contributed by atoms with Crippen molar-refractivity contribution in [3.05, 3.63) is 99.6 Å². The smallest absolute Gasteiger partial charge is 0.279 e. The fourth-order valence-corrected chi connectivity index (χ4v) is 3.95. The molecule has 0 atom stereocenters. The van der Waals surface area contributed by atoms with Gasteiger partial charge in [0.1, 0.15) is 5.75 Å². The number of rotatable bonds is 4. The van der Waals surface area contributed by atoms with Gasteiger partial charge in [-0.3, -0.25) is 9.36 Å². The molecule has 1 amide bonds. The van der Waals surface area contributed by atoms with E-state index in [-0.39, 0.29) is 5.91 Å². The highest BCUT2D eigenvalue weighted by molar-refractivity contribution is 7.07. The molecule has 0 aliphatic carbocycles. The van der Waals surface area contributed by atoms with E-state index in [1.165, 1.54) is 11.3 Å². The molecular formula is C23H17ClN2O2S. The third-order valence-electron chi connectivity index (χ3n) is 4.40. The van der Waals surface area contributed by atoms with E-state index in [4.69, 9.17) is 16.3 Å². The Labute approximate surface area is 177 Å². The summed E-state index contributed by atoms with van der Waals surface area (Å²) in [6.45, 7) is 0. The second-order valence-corrected chi connectivity index (χ2v) is 7.50. The Morgan fingerprint density at radius 1 is 0.966 bits per heavy atom. The highest BCUT2D eigenvalue weighted by Gasteiger charge is 2.12. The topological polar surface area (TPSA) is 43.6 Å². The number of benzene rings is 3. The maximum atomic E-state index is 12.8. The number of hydrogen-bond donors (Lipinski definition) is 0. The van der Waals surface area contributed by atoms with Gasteiger partial charge in [0.2, 0.25) is 0 Å². The van der Waals surface area contributed by atoms with Gasteiger partial charge in [0, 0.05) is 21.7 Å². The first kappa shape index (κ1) is 19.2. The van der Waals surface area contributed by atoms with Crippen molar-refractivity contribution in [2.75, 3.05) is 7.11 Å². The first-order valence-electron chi connectivity index (χ1n) is 8.91. The molecule has 0 aliphatic heterocycles. The molecular weight excluding hydrogens is 404 g/mol. The number of ether oxygens (including phenoxy) is 1. The summed E-state index contributed by atoms with van der Waals surface area (Å²) in [6.07, 6.45) is 0. The van der Waals surface area contributed by atoms with Crippen LogP contribution in [0.2, 0.25) is 5.02 Å². The van der Waals surface area contributed by atoms with E-state index in [1.807, 2.05) is 64.5 Å². The summed E-state index contributed by atoms with van der Waals surface area (Å²) < 4.78 is 7.12. The lowest BCUT2D eigenvalue weighted by Gasteiger charge is -2.09. The lowest BCUT2D eigenvalue weighted by atomic mass is 10.1. The summed E-state index contributed by atoms with van der Waals surface area (Å²) in [4.78, 5) is 17.8. The number of hydrogen-bond acceptors (Lipinski definition) is 3. The molecule has 4 nitrogen and oxygen atoms in total. The SMILES string of the molecule is COc1ccc(C(=O)N=c2scc(-c3ccccc3)n2-c2ccc(Cl)cc2)cc1. The first-order valence-corrected chi connectivity index (χ1v) is 10.2. The van der Waals surface area contributed by atoms with Gasteiger partial charge in [-0.25, -0.2) is 0 Å². The Morgan fingerprint density at radius 2 is 1.66 bits per heavy atom. The molecule has 1 heterocycles. The van der Waals surface area contributed by atoms with Gasteiger partial charge >= 0.3 is 0 Å². The highest BCUT2D eigenvalue weighted by Crippen LogP contribution is 2.24. The van der Waals surface area contributed by atoms with Crippen LogP contribution < -0.4 is 9.54 Å². The maximum absolute atomic E-state index is 12.8. The van der Waals surface area contributed by atoms with Gasteiger partial charge in [-0.05, 0) is 54.1 Å². The lowest BCUT2D eigenvalue weighted by Crippen LogP contribution is -2.16. The van der Waals surface area contributed by atoms with Crippen LogP contribution in [0.1, 0.15) is 10.4 Å². The molecule has 0 saturated carbocycles. The van der Waals surface area contributed by atoms with E-state index >= 15 is 0 Å². The van der Waals surface area contributed by atoms with Gasteiger partial charge in [0.05, 0.1) is 12.8 Å². The van der Waals surface area contributed by atoms with Gasteiger partial charge in [-0.1, -0.05) is 41.9 Å². The van der Waals surface area contributed by atoms with E-state index in [0.717, 1.165) is 16.9 Å². The number of methoxy groups -OCH3 is 1. The fraction of sp³-hybridized carbons (Fsp3) is 0.0435. The molecule has 3 aromatic carbocycles. The number of carbonyl (C=O) groups is 1. The van der Waals surface area contributed by atoms with Crippen LogP contribution in [-0.4, -0.2) is 17.6 Å². The maximum Gasteiger partial charge on any atom is 0.279 e. The summed E-state index contributed by atoms with van der Waals surface area (Å²) in [5.74, 6) is 0.386. The molecule has 0 radical (unpaired) electrons. The fourth-order valence-electron chi connectivity index (χ4n) is 2.92.